The molecule has 21 heavy (non-hydrogen) atoms. The lowest BCUT2D eigenvalue weighted by molar-refractivity contribution is -0.123. The maximum Gasteiger partial charge on any atom is 0.357 e. The number of hydrogen-bond donors (Lipinski definition) is 2. The van der Waals surface area contributed by atoms with Crippen LogP contribution in [0.5, 0.6) is 0 Å². The number of carbonyl (C=O) groups is 2. The molecule has 0 fully saturated rings. The van der Waals surface area contributed by atoms with Crippen LogP contribution in [0.25, 0.3) is 0 Å². The molecule has 1 aromatic carbocycles. The molecule has 110 valence electrons. The Bertz CT molecular complexity index is 661. The van der Waals surface area contributed by atoms with E-state index < -0.39 is 23.8 Å². The molecule has 0 saturated heterocycles. The first-order valence-corrected chi connectivity index (χ1v) is 6.73. The van der Waals surface area contributed by atoms with Crippen LogP contribution in [0, 0.1) is 5.82 Å². The molecular formula is C13H11BrFN3O3. The summed E-state index contributed by atoms with van der Waals surface area (Å²) in [6.45, 7) is 1.39. The molecule has 1 amide bonds. The first kappa shape index (κ1) is 15.2. The number of rotatable bonds is 4. The summed E-state index contributed by atoms with van der Waals surface area (Å²) in [5.41, 5.74) is 0.136. The van der Waals surface area contributed by atoms with E-state index in [1.807, 2.05) is 0 Å². The predicted molar refractivity (Wildman–Crippen MR) is 76.2 cm³/mol. The summed E-state index contributed by atoms with van der Waals surface area (Å²) in [5, 5.41) is 8.38. The highest BCUT2D eigenvalue weighted by molar-refractivity contribution is 9.10. The number of carbonyl (C=O) groups excluding carboxylic acids is 2. The number of anilines is 1. The number of nitrogens with one attached hydrogen (secondary N) is 2. The van der Waals surface area contributed by atoms with Gasteiger partial charge in [0.25, 0.3) is 5.91 Å². The van der Waals surface area contributed by atoms with Gasteiger partial charge in [0.1, 0.15) is 11.5 Å². The van der Waals surface area contributed by atoms with E-state index in [2.05, 4.69) is 31.4 Å². The number of hydrogen-bond acceptors (Lipinski definition) is 4. The molecule has 0 bridgehead atoms. The summed E-state index contributed by atoms with van der Waals surface area (Å²) < 4.78 is 19.1. The van der Waals surface area contributed by atoms with Gasteiger partial charge in [-0.25, -0.2) is 9.18 Å². The lowest BCUT2D eigenvalue weighted by atomic mass is 10.3. The zero-order chi connectivity index (χ0) is 15.4. The molecule has 0 spiro atoms. The van der Waals surface area contributed by atoms with Crippen LogP contribution in [-0.2, 0) is 9.53 Å². The van der Waals surface area contributed by atoms with E-state index in [4.69, 9.17) is 4.74 Å². The van der Waals surface area contributed by atoms with Crippen LogP contribution >= 0.6 is 15.9 Å². The number of amides is 1. The van der Waals surface area contributed by atoms with Gasteiger partial charge in [0.05, 0.1) is 5.69 Å². The minimum absolute atomic E-state index is 0.00707. The van der Waals surface area contributed by atoms with E-state index in [0.29, 0.717) is 4.47 Å². The SMILES string of the molecule is CC(OC(=O)c1ccn[nH]1)C(=O)Nc1ccc(Br)cc1F. The smallest absolute Gasteiger partial charge is 0.357 e. The summed E-state index contributed by atoms with van der Waals surface area (Å²) >= 11 is 3.11. The van der Waals surface area contributed by atoms with Crippen molar-refractivity contribution in [2.45, 2.75) is 13.0 Å². The molecule has 2 N–H and O–H groups in total. The van der Waals surface area contributed by atoms with E-state index >= 15 is 0 Å². The Hall–Kier alpha value is -2.22. The maximum absolute atomic E-state index is 13.6. The van der Waals surface area contributed by atoms with Crippen molar-refractivity contribution in [1.29, 1.82) is 0 Å². The van der Waals surface area contributed by atoms with Crippen LogP contribution in [0.3, 0.4) is 0 Å². The Kier molecular flexibility index (Phi) is 4.69. The molecule has 1 heterocycles. The molecule has 6 nitrogen and oxygen atoms in total. The molecule has 0 aliphatic heterocycles. The number of aromatic amines is 1. The molecule has 8 heteroatoms. The standard InChI is InChI=1S/C13H11BrFN3O3/c1-7(21-13(20)11-4-5-16-18-11)12(19)17-10-3-2-8(14)6-9(10)15/h2-7H,1H3,(H,16,18)(H,17,19). The Labute approximate surface area is 127 Å². The third kappa shape index (κ3) is 3.88. The molecule has 1 unspecified atom stereocenters. The molecule has 2 aromatic rings. The summed E-state index contributed by atoms with van der Waals surface area (Å²) in [7, 11) is 0. The van der Waals surface area contributed by atoms with Gasteiger partial charge in [0, 0.05) is 10.7 Å². The maximum atomic E-state index is 13.6. The first-order valence-electron chi connectivity index (χ1n) is 5.93. The summed E-state index contributed by atoms with van der Waals surface area (Å²) in [6.07, 6.45) is 0.308. The average molecular weight is 356 g/mol. The van der Waals surface area contributed by atoms with Gasteiger partial charge >= 0.3 is 5.97 Å². The monoisotopic (exact) mass is 355 g/mol. The van der Waals surface area contributed by atoms with Crippen molar-refractivity contribution in [2.75, 3.05) is 5.32 Å². The molecule has 2 rings (SSSR count). The molecule has 1 aromatic heterocycles. The third-order valence-corrected chi connectivity index (χ3v) is 3.06. The molecular weight excluding hydrogens is 345 g/mol. The van der Waals surface area contributed by atoms with Crippen molar-refractivity contribution in [3.8, 4) is 0 Å². The van der Waals surface area contributed by atoms with E-state index in [-0.39, 0.29) is 11.4 Å². The fraction of sp³-hybridized carbons (Fsp3) is 0.154. The van der Waals surface area contributed by atoms with Crippen LogP contribution in [0.4, 0.5) is 10.1 Å². The molecule has 1 atom stereocenters. The van der Waals surface area contributed by atoms with Crippen molar-refractivity contribution in [3.05, 3.63) is 46.4 Å². The highest BCUT2D eigenvalue weighted by atomic mass is 79.9. The second-order valence-electron chi connectivity index (χ2n) is 4.13. The number of esters is 1. The van der Waals surface area contributed by atoms with E-state index in [9.17, 15) is 14.0 Å². The van der Waals surface area contributed by atoms with Crippen molar-refractivity contribution in [1.82, 2.24) is 10.2 Å². The summed E-state index contributed by atoms with van der Waals surface area (Å²) in [4.78, 5) is 23.5. The Balaban J connectivity index is 1.98. The topological polar surface area (TPSA) is 84.1 Å². The fourth-order valence-corrected chi connectivity index (χ4v) is 1.81. The van der Waals surface area contributed by atoms with Gasteiger partial charge < -0.3 is 10.1 Å². The molecule has 0 aliphatic rings. The molecule has 0 radical (unpaired) electrons. The second-order valence-corrected chi connectivity index (χ2v) is 5.05. The van der Waals surface area contributed by atoms with Gasteiger partial charge in [-0.3, -0.25) is 9.89 Å². The minimum Gasteiger partial charge on any atom is -0.448 e. The highest BCUT2D eigenvalue weighted by Gasteiger charge is 2.20. The van der Waals surface area contributed by atoms with Gasteiger partial charge in [-0.2, -0.15) is 5.10 Å². The number of halogens is 2. The Morgan fingerprint density at radius 3 is 2.81 bits per heavy atom. The van der Waals surface area contributed by atoms with Crippen LogP contribution in [0.1, 0.15) is 17.4 Å². The Morgan fingerprint density at radius 2 is 2.19 bits per heavy atom. The van der Waals surface area contributed by atoms with Crippen molar-refractivity contribution < 1.29 is 18.7 Å². The van der Waals surface area contributed by atoms with Crippen LogP contribution < -0.4 is 5.32 Å². The van der Waals surface area contributed by atoms with Gasteiger partial charge in [0.15, 0.2) is 6.10 Å². The van der Waals surface area contributed by atoms with Gasteiger partial charge in [-0.15, -0.1) is 0 Å². The average Bonchev–Trinajstić information content (AvgIpc) is 2.95. The van der Waals surface area contributed by atoms with Crippen molar-refractivity contribution in [3.63, 3.8) is 0 Å². The largest absolute Gasteiger partial charge is 0.448 e. The van der Waals surface area contributed by atoms with Gasteiger partial charge in [-0.05, 0) is 31.2 Å². The van der Waals surface area contributed by atoms with Crippen molar-refractivity contribution >= 4 is 33.5 Å². The summed E-state index contributed by atoms with van der Waals surface area (Å²) in [5.74, 6) is -1.94. The number of nitrogens with zero attached hydrogens (tertiary/aromatic N) is 1. The second kappa shape index (κ2) is 6.49. The van der Waals surface area contributed by atoms with Gasteiger partial charge in [-0.1, -0.05) is 15.9 Å². The minimum atomic E-state index is -1.08. The number of aromatic nitrogens is 2. The third-order valence-electron chi connectivity index (χ3n) is 2.56. The predicted octanol–water partition coefficient (Wildman–Crippen LogP) is 2.50. The number of H-pyrrole nitrogens is 1. The quantitative estimate of drug-likeness (QED) is 0.825. The number of benzene rings is 1. The lowest BCUT2D eigenvalue weighted by Crippen LogP contribution is -2.30. The summed E-state index contributed by atoms with van der Waals surface area (Å²) in [6, 6.07) is 5.62. The van der Waals surface area contributed by atoms with Crippen molar-refractivity contribution in [2.24, 2.45) is 0 Å². The van der Waals surface area contributed by atoms with E-state index in [1.54, 1.807) is 6.07 Å². The van der Waals surface area contributed by atoms with Crippen LogP contribution in [0.15, 0.2) is 34.9 Å². The molecule has 0 saturated carbocycles. The Morgan fingerprint density at radius 1 is 1.43 bits per heavy atom. The van der Waals surface area contributed by atoms with E-state index in [0.717, 1.165) is 0 Å². The van der Waals surface area contributed by atoms with E-state index in [1.165, 1.54) is 31.3 Å². The lowest BCUT2D eigenvalue weighted by Gasteiger charge is -2.13. The van der Waals surface area contributed by atoms with Crippen LogP contribution in [0.2, 0.25) is 0 Å². The zero-order valence-electron chi connectivity index (χ0n) is 10.9. The van der Waals surface area contributed by atoms with Gasteiger partial charge in [0.2, 0.25) is 0 Å². The fourth-order valence-electron chi connectivity index (χ4n) is 1.47. The molecule has 0 aliphatic carbocycles. The van der Waals surface area contributed by atoms with Crippen LogP contribution in [-0.4, -0.2) is 28.2 Å². The highest BCUT2D eigenvalue weighted by Crippen LogP contribution is 2.19. The normalized spacial score (nSPS) is 11.8. The first-order chi connectivity index (χ1) is 9.97. The number of ether oxygens (including phenoxy) is 1. The zero-order valence-corrected chi connectivity index (χ0v) is 12.5.